The zero-order valence-electron chi connectivity index (χ0n) is 19.1. The third-order valence-electron chi connectivity index (χ3n) is 4.92. The zero-order chi connectivity index (χ0) is 23.8. The van der Waals surface area contributed by atoms with Crippen molar-refractivity contribution >= 4 is 5.95 Å². The fraction of sp³-hybridized carbons (Fsp3) is 0.240. The van der Waals surface area contributed by atoms with Crippen molar-refractivity contribution in [1.82, 2.24) is 29.9 Å². The van der Waals surface area contributed by atoms with E-state index in [4.69, 9.17) is 15.9 Å². The molecule has 4 aromatic rings. The van der Waals surface area contributed by atoms with Crippen LogP contribution in [0.15, 0.2) is 54.7 Å². The van der Waals surface area contributed by atoms with E-state index in [9.17, 15) is 0 Å². The van der Waals surface area contributed by atoms with E-state index in [2.05, 4.69) is 36.5 Å². The first-order valence-corrected chi connectivity index (χ1v) is 10.7. The van der Waals surface area contributed by atoms with Crippen LogP contribution in [-0.4, -0.2) is 57.3 Å². The molecule has 4 rings (SSSR count). The minimum Gasteiger partial charge on any atom is -0.383 e. The second kappa shape index (κ2) is 11.1. The van der Waals surface area contributed by atoms with Crippen LogP contribution in [0.25, 0.3) is 22.6 Å². The van der Waals surface area contributed by atoms with Crippen LogP contribution < -0.4 is 5.32 Å². The van der Waals surface area contributed by atoms with Gasteiger partial charge in [0.2, 0.25) is 5.95 Å². The largest absolute Gasteiger partial charge is 0.383 e. The third-order valence-corrected chi connectivity index (χ3v) is 4.92. The van der Waals surface area contributed by atoms with Crippen molar-refractivity contribution in [3.05, 3.63) is 71.7 Å². The summed E-state index contributed by atoms with van der Waals surface area (Å²) in [6, 6.07) is 15.4. The number of ether oxygens (including phenoxy) is 2. The van der Waals surface area contributed by atoms with Gasteiger partial charge in [-0.1, -0.05) is 29.3 Å². The maximum Gasteiger partial charge on any atom is 0.223 e. The lowest BCUT2D eigenvalue weighted by molar-refractivity contribution is 0.181. The summed E-state index contributed by atoms with van der Waals surface area (Å²) in [6.07, 6.45) is 7.42. The van der Waals surface area contributed by atoms with E-state index < -0.39 is 0 Å². The number of anilines is 1. The van der Waals surface area contributed by atoms with Gasteiger partial charge in [0.1, 0.15) is 5.69 Å². The van der Waals surface area contributed by atoms with Crippen molar-refractivity contribution < 1.29 is 9.47 Å². The monoisotopic (exact) mass is 455 g/mol. The predicted octanol–water partition coefficient (Wildman–Crippen LogP) is 3.03. The molecule has 3 aromatic heterocycles. The number of benzene rings is 1. The van der Waals surface area contributed by atoms with E-state index in [1.54, 1.807) is 18.9 Å². The van der Waals surface area contributed by atoms with Gasteiger partial charge in [-0.05, 0) is 30.3 Å². The first kappa shape index (κ1) is 23.0. The lowest BCUT2D eigenvalue weighted by atomic mass is 10.1. The number of pyridine rings is 1. The Morgan fingerprint density at radius 1 is 0.941 bits per heavy atom. The van der Waals surface area contributed by atoms with Crippen molar-refractivity contribution in [3.8, 4) is 35.0 Å². The summed E-state index contributed by atoms with van der Waals surface area (Å²) in [7, 11) is 3.29. The van der Waals surface area contributed by atoms with Gasteiger partial charge in [-0.3, -0.25) is 4.98 Å². The van der Waals surface area contributed by atoms with E-state index in [1.807, 2.05) is 54.7 Å². The summed E-state index contributed by atoms with van der Waals surface area (Å²) >= 11 is 0. The molecule has 0 unspecified atom stereocenters. The molecular weight excluding hydrogens is 430 g/mol. The highest BCUT2D eigenvalue weighted by atomic mass is 16.5. The minimum atomic E-state index is 0.458. The molecule has 0 aliphatic carbocycles. The summed E-state index contributed by atoms with van der Waals surface area (Å²) in [5.41, 5.74) is 5.39. The van der Waals surface area contributed by atoms with Crippen LogP contribution in [0.5, 0.6) is 0 Å². The first-order chi connectivity index (χ1) is 16.7. The molecule has 0 saturated carbocycles. The summed E-state index contributed by atoms with van der Waals surface area (Å²) in [5.74, 6) is 3.13. The van der Waals surface area contributed by atoms with Gasteiger partial charge in [0.05, 0.1) is 48.7 Å². The molecule has 0 fully saturated rings. The summed E-state index contributed by atoms with van der Waals surface area (Å²) < 4.78 is 12.0. The Hall–Kier alpha value is -4.13. The minimum absolute atomic E-state index is 0.458. The molecule has 172 valence electrons. The molecule has 34 heavy (non-hydrogen) atoms. The molecule has 0 aliphatic rings. The van der Waals surface area contributed by atoms with Crippen LogP contribution >= 0.6 is 0 Å². The number of nitrogens with one attached hydrogen (secondary N) is 1. The maximum absolute atomic E-state index is 5.58. The molecule has 0 atom stereocenters. The number of methoxy groups -OCH3 is 2. The Kier molecular flexibility index (Phi) is 7.55. The molecule has 0 amide bonds. The van der Waals surface area contributed by atoms with Gasteiger partial charge in [-0.2, -0.15) is 0 Å². The highest BCUT2D eigenvalue weighted by Crippen LogP contribution is 2.25. The standard InChI is InChI=1S/C25H25N7O2/c1-4-18-7-5-8-19(13-18)22-14-23(29-25(28-22)26-11-12-33-2)24-16-32(31-30-24)15-20-9-6-10-21(27-20)17-34-3/h1,5-10,13-14,16H,11-12,15,17H2,2-3H3,(H,26,28,29). The SMILES string of the molecule is C#Cc1cccc(-c2cc(-c3cn(Cc4cccc(COC)n4)nn3)nc(NCCOC)n2)c1. The van der Waals surface area contributed by atoms with E-state index >= 15 is 0 Å². The maximum atomic E-state index is 5.58. The number of aromatic nitrogens is 6. The van der Waals surface area contributed by atoms with Gasteiger partial charge in [-0.15, -0.1) is 11.5 Å². The molecule has 0 bridgehead atoms. The Labute approximate surface area is 198 Å². The van der Waals surface area contributed by atoms with Crippen LogP contribution in [0, 0.1) is 12.3 Å². The van der Waals surface area contributed by atoms with Crippen molar-refractivity contribution in [3.63, 3.8) is 0 Å². The molecule has 0 spiro atoms. The van der Waals surface area contributed by atoms with Gasteiger partial charge in [0.25, 0.3) is 0 Å². The second-order valence-electron chi connectivity index (χ2n) is 7.46. The topological polar surface area (TPSA) is 99.9 Å². The summed E-state index contributed by atoms with van der Waals surface area (Å²) in [6.45, 7) is 2.03. The molecule has 0 radical (unpaired) electrons. The number of rotatable bonds is 10. The molecule has 9 nitrogen and oxygen atoms in total. The molecular formula is C25H25N7O2. The van der Waals surface area contributed by atoms with Gasteiger partial charge in [0, 0.05) is 31.9 Å². The lowest BCUT2D eigenvalue weighted by Crippen LogP contribution is -2.11. The Balaban J connectivity index is 1.64. The quantitative estimate of drug-likeness (QED) is 0.288. The normalized spacial score (nSPS) is 10.7. The zero-order valence-corrected chi connectivity index (χ0v) is 19.1. The number of nitrogens with zero attached hydrogens (tertiary/aromatic N) is 6. The smallest absolute Gasteiger partial charge is 0.223 e. The van der Waals surface area contributed by atoms with E-state index in [-0.39, 0.29) is 0 Å². The van der Waals surface area contributed by atoms with Gasteiger partial charge >= 0.3 is 0 Å². The van der Waals surface area contributed by atoms with Crippen molar-refractivity contribution in [2.75, 3.05) is 32.7 Å². The van der Waals surface area contributed by atoms with Crippen molar-refractivity contribution in [1.29, 1.82) is 0 Å². The van der Waals surface area contributed by atoms with Crippen LogP contribution in [0.1, 0.15) is 17.0 Å². The Morgan fingerprint density at radius 3 is 2.59 bits per heavy atom. The number of hydrogen-bond donors (Lipinski definition) is 1. The molecule has 9 heteroatoms. The van der Waals surface area contributed by atoms with E-state index in [0.717, 1.165) is 28.2 Å². The van der Waals surface area contributed by atoms with Crippen LogP contribution in [0.2, 0.25) is 0 Å². The number of hydrogen-bond acceptors (Lipinski definition) is 8. The molecule has 0 saturated heterocycles. The highest BCUT2D eigenvalue weighted by molar-refractivity contribution is 5.68. The highest BCUT2D eigenvalue weighted by Gasteiger charge is 2.13. The van der Waals surface area contributed by atoms with Crippen LogP contribution in [0.3, 0.4) is 0 Å². The van der Waals surface area contributed by atoms with Gasteiger partial charge in [-0.25, -0.2) is 14.6 Å². The second-order valence-corrected chi connectivity index (χ2v) is 7.46. The fourth-order valence-electron chi connectivity index (χ4n) is 3.34. The van der Waals surface area contributed by atoms with E-state index in [1.165, 1.54) is 0 Å². The van der Waals surface area contributed by atoms with E-state index in [0.29, 0.717) is 43.6 Å². The van der Waals surface area contributed by atoms with Gasteiger partial charge in [0.15, 0.2) is 0 Å². The first-order valence-electron chi connectivity index (χ1n) is 10.7. The Morgan fingerprint density at radius 2 is 1.76 bits per heavy atom. The average molecular weight is 456 g/mol. The predicted molar refractivity (Wildman–Crippen MR) is 129 cm³/mol. The Bertz CT molecular complexity index is 1300. The van der Waals surface area contributed by atoms with Crippen molar-refractivity contribution in [2.45, 2.75) is 13.2 Å². The van der Waals surface area contributed by atoms with Gasteiger partial charge < -0.3 is 14.8 Å². The molecule has 3 heterocycles. The third kappa shape index (κ3) is 5.81. The lowest BCUT2D eigenvalue weighted by Gasteiger charge is -2.09. The summed E-state index contributed by atoms with van der Waals surface area (Å²) in [4.78, 5) is 13.9. The van der Waals surface area contributed by atoms with Crippen LogP contribution in [0.4, 0.5) is 5.95 Å². The number of terminal acetylenes is 1. The summed E-state index contributed by atoms with van der Waals surface area (Å²) in [5, 5.41) is 11.8. The average Bonchev–Trinajstić information content (AvgIpc) is 3.33. The van der Waals surface area contributed by atoms with Crippen LogP contribution in [-0.2, 0) is 22.6 Å². The molecule has 1 N–H and O–H groups in total. The molecule has 0 aliphatic heterocycles. The van der Waals surface area contributed by atoms with Crippen molar-refractivity contribution in [2.24, 2.45) is 0 Å². The molecule has 1 aromatic carbocycles. The fourth-order valence-corrected chi connectivity index (χ4v) is 3.34.